The highest BCUT2D eigenvalue weighted by atomic mass is 16.5. The van der Waals surface area contributed by atoms with E-state index >= 15 is 0 Å². The molecule has 0 amide bonds. The molecule has 0 aliphatic carbocycles. The first-order chi connectivity index (χ1) is 14.6. The molecule has 1 aromatic heterocycles. The number of ketones is 1. The number of para-hydroxylation sites is 1. The van der Waals surface area contributed by atoms with E-state index in [1.165, 1.54) is 12.4 Å². The molecule has 6 nitrogen and oxygen atoms in total. The first-order valence-corrected chi connectivity index (χ1v) is 9.49. The summed E-state index contributed by atoms with van der Waals surface area (Å²) in [6.07, 6.45) is 4.70. The maximum Gasteiger partial charge on any atom is 0.343 e. The van der Waals surface area contributed by atoms with Crippen molar-refractivity contribution in [2.45, 2.75) is 13.8 Å². The summed E-state index contributed by atoms with van der Waals surface area (Å²) >= 11 is 0. The Hall–Kier alpha value is -3.93. The van der Waals surface area contributed by atoms with Crippen LogP contribution in [0.15, 0.2) is 66.7 Å². The number of nitrogens with zero attached hydrogens (tertiary/aromatic N) is 1. The van der Waals surface area contributed by atoms with Crippen LogP contribution >= 0.6 is 0 Å². The molecule has 2 aromatic carbocycles. The van der Waals surface area contributed by atoms with Crippen LogP contribution in [0.4, 0.5) is 0 Å². The number of allylic oxidation sites excluding steroid dienone is 1. The number of Topliss-reactive ketones (excluding diaryl/α,β-unsaturated/α-hetero) is 1. The Bertz CT molecular complexity index is 1150. The van der Waals surface area contributed by atoms with Crippen molar-refractivity contribution in [2.75, 3.05) is 6.61 Å². The quantitative estimate of drug-likeness (QED) is 0.353. The minimum absolute atomic E-state index is 0.192. The topological polar surface area (TPSA) is 74.7 Å². The summed E-state index contributed by atoms with van der Waals surface area (Å²) < 4.78 is 16.9. The number of ether oxygens (including phenoxy) is 3. The van der Waals surface area contributed by atoms with E-state index < -0.39 is 5.97 Å². The van der Waals surface area contributed by atoms with Gasteiger partial charge in [-0.25, -0.2) is 4.79 Å². The highest BCUT2D eigenvalue weighted by Gasteiger charge is 2.30. The van der Waals surface area contributed by atoms with Gasteiger partial charge in [-0.05, 0) is 49.8 Å². The molecule has 0 radical (unpaired) electrons. The van der Waals surface area contributed by atoms with Crippen LogP contribution in [0.1, 0.15) is 38.8 Å². The molecule has 0 fully saturated rings. The third-order valence-electron chi connectivity index (χ3n) is 4.58. The number of aryl methyl sites for hydroxylation is 1. The normalized spacial score (nSPS) is 13.7. The Labute approximate surface area is 173 Å². The van der Waals surface area contributed by atoms with Gasteiger partial charge in [-0.1, -0.05) is 18.2 Å². The summed E-state index contributed by atoms with van der Waals surface area (Å²) in [6, 6.07) is 13.8. The van der Waals surface area contributed by atoms with Gasteiger partial charge < -0.3 is 14.2 Å². The van der Waals surface area contributed by atoms with Crippen molar-refractivity contribution in [1.29, 1.82) is 0 Å². The number of pyridine rings is 1. The second kappa shape index (κ2) is 8.21. The number of fused-ring (bicyclic) bond motifs is 1. The third kappa shape index (κ3) is 3.80. The largest absolute Gasteiger partial charge is 0.493 e. The molecular weight excluding hydrogens is 382 g/mol. The van der Waals surface area contributed by atoms with E-state index in [0.29, 0.717) is 40.5 Å². The average Bonchev–Trinajstić information content (AvgIpc) is 3.06. The number of aromatic nitrogens is 1. The molecule has 150 valence electrons. The summed E-state index contributed by atoms with van der Waals surface area (Å²) in [7, 11) is 0. The number of esters is 1. The van der Waals surface area contributed by atoms with Crippen molar-refractivity contribution >= 4 is 17.8 Å². The highest BCUT2D eigenvalue weighted by molar-refractivity contribution is 6.15. The molecule has 0 saturated carbocycles. The second-order valence-corrected chi connectivity index (χ2v) is 6.65. The standard InChI is InChI=1S/C24H19NO5/c1-3-28-19-7-5-4-6-17(19)13-21-23(26)22-15(2)12-18(14-20(22)30-21)29-24(27)16-8-10-25-11-9-16/h4-14H,3H2,1-2H3/b21-13-. The van der Waals surface area contributed by atoms with Gasteiger partial charge in [0.15, 0.2) is 5.76 Å². The fraction of sp³-hybridized carbons (Fsp3) is 0.125. The van der Waals surface area contributed by atoms with Crippen molar-refractivity contribution in [1.82, 2.24) is 4.98 Å². The molecule has 0 atom stereocenters. The van der Waals surface area contributed by atoms with Crippen molar-refractivity contribution < 1.29 is 23.8 Å². The minimum Gasteiger partial charge on any atom is -0.493 e. The van der Waals surface area contributed by atoms with E-state index in [4.69, 9.17) is 14.2 Å². The Morgan fingerprint density at radius 2 is 1.90 bits per heavy atom. The van der Waals surface area contributed by atoms with Gasteiger partial charge in [0.2, 0.25) is 5.78 Å². The maximum atomic E-state index is 12.9. The summed E-state index contributed by atoms with van der Waals surface area (Å²) in [6.45, 7) is 4.19. The van der Waals surface area contributed by atoms with Crippen LogP contribution in [0, 0.1) is 6.92 Å². The van der Waals surface area contributed by atoms with E-state index in [1.807, 2.05) is 31.2 Å². The van der Waals surface area contributed by atoms with Gasteiger partial charge in [0.05, 0.1) is 17.7 Å². The summed E-state index contributed by atoms with van der Waals surface area (Å²) in [5.41, 5.74) is 2.25. The predicted octanol–water partition coefficient (Wildman–Crippen LogP) is 4.62. The van der Waals surface area contributed by atoms with Crippen LogP contribution in [0.5, 0.6) is 17.2 Å². The van der Waals surface area contributed by atoms with E-state index in [9.17, 15) is 9.59 Å². The molecule has 0 unspecified atom stereocenters. The molecule has 0 N–H and O–H groups in total. The van der Waals surface area contributed by atoms with Crippen molar-refractivity contribution in [2.24, 2.45) is 0 Å². The Morgan fingerprint density at radius 1 is 1.13 bits per heavy atom. The Balaban J connectivity index is 1.62. The lowest BCUT2D eigenvalue weighted by molar-refractivity contribution is 0.0734. The number of benzene rings is 2. The fourth-order valence-corrected chi connectivity index (χ4v) is 3.22. The molecule has 0 bridgehead atoms. The Kier molecular flexibility index (Phi) is 5.30. The molecule has 0 spiro atoms. The molecule has 0 saturated heterocycles. The fourth-order valence-electron chi connectivity index (χ4n) is 3.22. The molecule has 4 rings (SSSR count). The van der Waals surface area contributed by atoms with Gasteiger partial charge in [-0.15, -0.1) is 0 Å². The first-order valence-electron chi connectivity index (χ1n) is 9.49. The molecule has 6 heteroatoms. The molecule has 1 aliphatic heterocycles. The van der Waals surface area contributed by atoms with Crippen LogP contribution in [0.25, 0.3) is 6.08 Å². The van der Waals surface area contributed by atoms with Crippen molar-refractivity contribution in [3.63, 3.8) is 0 Å². The lowest BCUT2D eigenvalue weighted by Crippen LogP contribution is -2.08. The number of carbonyl (C=O) groups is 2. The van der Waals surface area contributed by atoms with Crippen LogP contribution in [-0.4, -0.2) is 23.3 Å². The van der Waals surface area contributed by atoms with Crippen LogP contribution < -0.4 is 14.2 Å². The lowest BCUT2D eigenvalue weighted by atomic mass is 10.0. The molecule has 30 heavy (non-hydrogen) atoms. The zero-order chi connectivity index (χ0) is 21.1. The zero-order valence-corrected chi connectivity index (χ0v) is 16.5. The maximum absolute atomic E-state index is 12.9. The number of hydrogen-bond acceptors (Lipinski definition) is 6. The molecule has 3 aromatic rings. The van der Waals surface area contributed by atoms with Gasteiger partial charge in [0.1, 0.15) is 17.2 Å². The van der Waals surface area contributed by atoms with E-state index in [1.54, 1.807) is 37.3 Å². The van der Waals surface area contributed by atoms with Crippen molar-refractivity contribution in [3.8, 4) is 17.2 Å². The number of rotatable bonds is 5. The number of carbonyl (C=O) groups excluding carboxylic acids is 2. The SMILES string of the molecule is CCOc1ccccc1/C=C1\Oc2cc(OC(=O)c3ccncc3)cc(C)c2C1=O. The van der Waals surface area contributed by atoms with Crippen LogP contribution in [0.3, 0.4) is 0 Å². The summed E-state index contributed by atoms with van der Waals surface area (Å²) in [5, 5.41) is 0. The first kappa shape index (κ1) is 19.4. The molecule has 2 heterocycles. The van der Waals surface area contributed by atoms with Crippen molar-refractivity contribution in [3.05, 3.63) is 88.9 Å². The molecular formula is C24H19NO5. The zero-order valence-electron chi connectivity index (χ0n) is 16.5. The Morgan fingerprint density at radius 3 is 2.67 bits per heavy atom. The van der Waals surface area contributed by atoms with Gasteiger partial charge in [0, 0.05) is 24.0 Å². The van der Waals surface area contributed by atoms with Crippen LogP contribution in [-0.2, 0) is 0 Å². The minimum atomic E-state index is -0.512. The third-order valence-corrected chi connectivity index (χ3v) is 4.58. The summed E-state index contributed by atoms with van der Waals surface area (Å²) in [5.74, 6) is 0.791. The smallest absolute Gasteiger partial charge is 0.343 e. The van der Waals surface area contributed by atoms with Gasteiger partial charge in [0.25, 0.3) is 0 Å². The highest BCUT2D eigenvalue weighted by Crippen LogP contribution is 2.38. The number of hydrogen-bond donors (Lipinski definition) is 0. The van der Waals surface area contributed by atoms with Gasteiger partial charge >= 0.3 is 5.97 Å². The van der Waals surface area contributed by atoms with Crippen LogP contribution in [0.2, 0.25) is 0 Å². The molecule has 1 aliphatic rings. The second-order valence-electron chi connectivity index (χ2n) is 6.65. The van der Waals surface area contributed by atoms with E-state index in [-0.39, 0.29) is 11.5 Å². The van der Waals surface area contributed by atoms with E-state index in [0.717, 1.165) is 5.56 Å². The predicted molar refractivity (Wildman–Crippen MR) is 111 cm³/mol. The van der Waals surface area contributed by atoms with Gasteiger partial charge in [-0.2, -0.15) is 0 Å². The monoisotopic (exact) mass is 401 g/mol. The average molecular weight is 401 g/mol. The lowest BCUT2D eigenvalue weighted by Gasteiger charge is -2.08. The van der Waals surface area contributed by atoms with Gasteiger partial charge in [-0.3, -0.25) is 9.78 Å². The summed E-state index contributed by atoms with van der Waals surface area (Å²) in [4.78, 5) is 29.1. The van der Waals surface area contributed by atoms with E-state index in [2.05, 4.69) is 4.98 Å².